The van der Waals surface area contributed by atoms with Crippen molar-refractivity contribution >= 4 is 21.7 Å². The first-order valence-corrected chi connectivity index (χ1v) is 10.5. The van der Waals surface area contributed by atoms with E-state index in [-0.39, 0.29) is 29.1 Å². The van der Waals surface area contributed by atoms with E-state index >= 15 is 0 Å². The first-order valence-electron chi connectivity index (χ1n) is 8.71. The fourth-order valence-electron chi connectivity index (χ4n) is 3.78. The van der Waals surface area contributed by atoms with Gasteiger partial charge in [-0.1, -0.05) is 0 Å². The molecule has 140 valence electrons. The molecule has 1 aromatic carbocycles. The molecular formula is C19H17NO6S. The smallest absolute Gasteiger partial charge is 0.232 e. The van der Waals surface area contributed by atoms with E-state index in [9.17, 15) is 13.2 Å². The van der Waals surface area contributed by atoms with Crippen molar-refractivity contribution in [3.63, 3.8) is 0 Å². The minimum absolute atomic E-state index is 0.0748. The van der Waals surface area contributed by atoms with Crippen molar-refractivity contribution in [1.29, 1.82) is 0 Å². The van der Waals surface area contributed by atoms with E-state index in [1.165, 1.54) is 6.26 Å². The van der Waals surface area contributed by atoms with Crippen molar-refractivity contribution in [1.82, 2.24) is 4.90 Å². The molecule has 1 atom stereocenters. The molecule has 8 heteroatoms. The predicted octanol–water partition coefficient (Wildman–Crippen LogP) is 2.23. The quantitative estimate of drug-likeness (QED) is 0.731. The Bertz CT molecular complexity index is 1050. The summed E-state index contributed by atoms with van der Waals surface area (Å²) in [5.41, 5.74) is 1.26. The zero-order chi connectivity index (χ0) is 18.6. The van der Waals surface area contributed by atoms with Crippen LogP contribution in [0, 0.1) is 0 Å². The third kappa shape index (κ3) is 2.85. The third-order valence-corrected chi connectivity index (χ3v) is 6.94. The molecule has 3 aliphatic heterocycles. The molecule has 0 aliphatic carbocycles. The molecule has 0 spiro atoms. The fraction of sp³-hybridized carbons (Fsp3) is 0.316. The minimum Gasteiger partial charge on any atom is -0.478 e. The maximum absolute atomic E-state index is 12.7. The average Bonchev–Trinajstić information content (AvgIpc) is 3.36. The predicted molar refractivity (Wildman–Crippen MR) is 96.2 cm³/mol. The van der Waals surface area contributed by atoms with Gasteiger partial charge in [-0.05, 0) is 30.7 Å². The third-order valence-electron chi connectivity index (χ3n) is 5.19. The number of allylic oxidation sites excluding steroid dienone is 1. The number of hydrogen-bond acceptors (Lipinski definition) is 7. The summed E-state index contributed by atoms with van der Waals surface area (Å²) >= 11 is 0. The second-order valence-corrected chi connectivity index (χ2v) is 9.18. The second kappa shape index (κ2) is 5.97. The van der Waals surface area contributed by atoms with Gasteiger partial charge < -0.3 is 13.9 Å². The zero-order valence-corrected chi connectivity index (χ0v) is 15.2. The van der Waals surface area contributed by atoms with Crippen LogP contribution >= 0.6 is 0 Å². The van der Waals surface area contributed by atoms with Gasteiger partial charge in [0.25, 0.3) is 0 Å². The Balaban J connectivity index is 1.46. The number of ketones is 1. The average molecular weight is 387 g/mol. The van der Waals surface area contributed by atoms with Crippen LogP contribution in [0.4, 0.5) is 0 Å². The molecule has 1 unspecified atom stereocenters. The SMILES string of the molecule is O=C1/C(=C\c2ccco2)Oc2c1ccc1c2CN(C2CCS(=O)(=O)C2)CO1. The maximum Gasteiger partial charge on any atom is 0.232 e. The molecule has 0 amide bonds. The number of ether oxygens (including phenoxy) is 2. The minimum atomic E-state index is -2.98. The molecular weight excluding hydrogens is 370 g/mol. The van der Waals surface area contributed by atoms with Gasteiger partial charge in [-0.2, -0.15) is 0 Å². The number of nitrogens with zero attached hydrogens (tertiary/aromatic N) is 1. The van der Waals surface area contributed by atoms with Gasteiger partial charge in [0.1, 0.15) is 24.0 Å². The number of carbonyl (C=O) groups excluding carboxylic acids is 1. The molecule has 3 aliphatic rings. The van der Waals surface area contributed by atoms with E-state index in [0.717, 1.165) is 5.56 Å². The molecule has 0 radical (unpaired) electrons. The fourth-order valence-corrected chi connectivity index (χ4v) is 5.54. The largest absolute Gasteiger partial charge is 0.478 e. The summed E-state index contributed by atoms with van der Waals surface area (Å²) in [6.07, 6.45) is 3.70. The molecule has 7 nitrogen and oxygen atoms in total. The molecule has 0 N–H and O–H groups in total. The number of rotatable bonds is 2. The van der Waals surface area contributed by atoms with Gasteiger partial charge in [0.2, 0.25) is 5.78 Å². The van der Waals surface area contributed by atoms with Gasteiger partial charge in [0, 0.05) is 18.7 Å². The summed E-state index contributed by atoms with van der Waals surface area (Å²) < 4.78 is 40.6. The molecule has 27 heavy (non-hydrogen) atoms. The van der Waals surface area contributed by atoms with E-state index < -0.39 is 9.84 Å². The van der Waals surface area contributed by atoms with Crippen LogP contribution in [0.2, 0.25) is 0 Å². The topological polar surface area (TPSA) is 86.0 Å². The van der Waals surface area contributed by atoms with Crippen LogP contribution in [0.5, 0.6) is 11.5 Å². The lowest BCUT2D eigenvalue weighted by atomic mass is 10.0. The lowest BCUT2D eigenvalue weighted by Crippen LogP contribution is -2.41. The van der Waals surface area contributed by atoms with Crippen molar-refractivity contribution in [3.05, 3.63) is 53.2 Å². The van der Waals surface area contributed by atoms with Crippen LogP contribution in [0.25, 0.3) is 6.08 Å². The molecule has 0 bridgehead atoms. The number of sulfone groups is 1. The monoisotopic (exact) mass is 387 g/mol. The maximum atomic E-state index is 12.7. The molecule has 1 aromatic heterocycles. The van der Waals surface area contributed by atoms with Gasteiger partial charge in [-0.3, -0.25) is 9.69 Å². The first kappa shape index (κ1) is 16.6. The Morgan fingerprint density at radius 3 is 2.85 bits per heavy atom. The van der Waals surface area contributed by atoms with E-state index in [2.05, 4.69) is 0 Å². The lowest BCUT2D eigenvalue weighted by molar-refractivity contribution is 0.0634. The lowest BCUT2D eigenvalue weighted by Gasteiger charge is -2.33. The van der Waals surface area contributed by atoms with Crippen molar-refractivity contribution in [2.45, 2.75) is 19.0 Å². The Labute approximate surface area is 156 Å². The van der Waals surface area contributed by atoms with Crippen LogP contribution in [0.15, 0.2) is 40.7 Å². The summed E-state index contributed by atoms with van der Waals surface area (Å²) in [5.74, 6) is 2.04. The molecule has 0 saturated carbocycles. The van der Waals surface area contributed by atoms with Gasteiger partial charge in [0.15, 0.2) is 15.6 Å². The molecule has 1 saturated heterocycles. The van der Waals surface area contributed by atoms with Gasteiger partial charge >= 0.3 is 0 Å². The highest BCUT2D eigenvalue weighted by Crippen LogP contribution is 2.42. The van der Waals surface area contributed by atoms with Crippen LogP contribution in [-0.2, 0) is 16.4 Å². The number of Topliss-reactive ketones (excluding diaryl/α,β-unsaturated/α-hetero) is 1. The van der Waals surface area contributed by atoms with Gasteiger partial charge in [-0.25, -0.2) is 8.42 Å². The van der Waals surface area contributed by atoms with Crippen molar-refractivity contribution < 1.29 is 27.1 Å². The van der Waals surface area contributed by atoms with E-state index in [0.29, 0.717) is 42.5 Å². The molecule has 1 fully saturated rings. The first-order chi connectivity index (χ1) is 13.0. The summed E-state index contributed by atoms with van der Waals surface area (Å²) in [4.78, 5) is 14.7. The Morgan fingerprint density at radius 2 is 2.11 bits per heavy atom. The van der Waals surface area contributed by atoms with E-state index in [1.807, 2.05) is 4.90 Å². The highest BCUT2D eigenvalue weighted by atomic mass is 32.2. The number of hydrogen-bond donors (Lipinski definition) is 0. The standard InChI is InChI=1S/C19H17NO6S/c21-18-14-3-4-16-15(19(14)26-17(18)8-13-2-1-6-24-13)9-20(11-25-16)12-5-7-27(22,23)10-12/h1-4,6,8,12H,5,7,9-11H2/b17-8+. The van der Waals surface area contributed by atoms with Crippen molar-refractivity contribution in [3.8, 4) is 11.5 Å². The van der Waals surface area contributed by atoms with Crippen molar-refractivity contribution in [2.75, 3.05) is 18.2 Å². The Kier molecular flexibility index (Phi) is 3.66. The number of furan rings is 1. The van der Waals surface area contributed by atoms with Gasteiger partial charge in [-0.15, -0.1) is 0 Å². The number of carbonyl (C=O) groups is 1. The molecule has 2 aromatic rings. The van der Waals surface area contributed by atoms with Crippen molar-refractivity contribution in [2.24, 2.45) is 0 Å². The molecule has 4 heterocycles. The summed E-state index contributed by atoms with van der Waals surface area (Å²) in [7, 11) is -2.98. The Morgan fingerprint density at radius 1 is 1.22 bits per heavy atom. The van der Waals surface area contributed by atoms with Gasteiger partial charge in [0.05, 0.1) is 28.9 Å². The van der Waals surface area contributed by atoms with E-state index in [1.54, 1.807) is 30.3 Å². The van der Waals surface area contributed by atoms with Crippen LogP contribution in [-0.4, -0.2) is 43.4 Å². The second-order valence-electron chi connectivity index (χ2n) is 6.95. The Hall–Kier alpha value is -2.58. The highest BCUT2D eigenvalue weighted by Gasteiger charge is 2.38. The normalized spacial score (nSPS) is 25.1. The number of fused-ring (bicyclic) bond motifs is 3. The molecule has 5 rings (SSSR count). The number of benzene rings is 1. The highest BCUT2D eigenvalue weighted by molar-refractivity contribution is 7.91. The van der Waals surface area contributed by atoms with Crippen LogP contribution < -0.4 is 9.47 Å². The summed E-state index contributed by atoms with van der Waals surface area (Å²) in [5, 5.41) is 0. The van der Waals surface area contributed by atoms with Crippen LogP contribution in [0.3, 0.4) is 0 Å². The van der Waals surface area contributed by atoms with E-state index in [4.69, 9.17) is 13.9 Å². The summed E-state index contributed by atoms with van der Waals surface area (Å²) in [6, 6.07) is 6.88. The summed E-state index contributed by atoms with van der Waals surface area (Å²) in [6.45, 7) is 0.815. The zero-order valence-electron chi connectivity index (χ0n) is 14.4. The van der Waals surface area contributed by atoms with Crippen LogP contribution in [0.1, 0.15) is 28.1 Å².